The molecule has 222 valence electrons. The second-order valence-electron chi connectivity index (χ2n) is 9.77. The Balaban J connectivity index is 1.15. The van der Waals surface area contributed by atoms with E-state index in [1.54, 1.807) is 37.3 Å². The van der Waals surface area contributed by atoms with Crippen molar-refractivity contribution in [3.05, 3.63) is 87.9 Å². The zero-order valence-electron chi connectivity index (χ0n) is 22.6. The first-order valence-corrected chi connectivity index (χ1v) is 12.9. The highest BCUT2D eigenvalue weighted by molar-refractivity contribution is 5.50. The average Bonchev–Trinajstić information content (AvgIpc) is 3.38. The van der Waals surface area contributed by atoms with E-state index < -0.39 is 34.8 Å². The van der Waals surface area contributed by atoms with E-state index in [0.717, 1.165) is 17.1 Å². The first kappa shape index (κ1) is 29.0. The van der Waals surface area contributed by atoms with Gasteiger partial charge < -0.3 is 24.1 Å². The maximum Gasteiger partial charge on any atom is 0.423 e. The van der Waals surface area contributed by atoms with E-state index >= 15 is 0 Å². The van der Waals surface area contributed by atoms with Crippen molar-refractivity contribution in [3.8, 4) is 5.75 Å². The Morgan fingerprint density at radius 2 is 1.88 bits per heavy atom. The fraction of sp³-hybridized carbons (Fsp3) is 0.370. The fourth-order valence-electron chi connectivity index (χ4n) is 4.39. The number of nitrogens with zero attached hydrogens (tertiary/aromatic N) is 6. The molecule has 1 atom stereocenters. The Bertz CT molecular complexity index is 1550. The van der Waals surface area contributed by atoms with E-state index in [1.165, 1.54) is 13.2 Å². The van der Waals surface area contributed by atoms with E-state index in [-0.39, 0.29) is 31.6 Å². The summed E-state index contributed by atoms with van der Waals surface area (Å²) >= 11 is 0. The molecule has 42 heavy (non-hydrogen) atoms. The van der Waals surface area contributed by atoms with Gasteiger partial charge in [0.25, 0.3) is 5.56 Å². The normalized spacial score (nSPS) is 14.5. The van der Waals surface area contributed by atoms with E-state index in [4.69, 9.17) is 13.9 Å². The van der Waals surface area contributed by atoms with Crippen LogP contribution in [0.4, 0.5) is 29.1 Å². The summed E-state index contributed by atoms with van der Waals surface area (Å²) in [7, 11) is 1.50. The molecule has 0 spiro atoms. The molecule has 0 amide bonds. The van der Waals surface area contributed by atoms with Crippen LogP contribution in [0.25, 0.3) is 0 Å². The minimum atomic E-state index is -4.91. The molecule has 1 unspecified atom stereocenters. The number of alkyl halides is 3. The van der Waals surface area contributed by atoms with Gasteiger partial charge in [0.2, 0.25) is 11.8 Å². The summed E-state index contributed by atoms with van der Waals surface area (Å²) in [5, 5.41) is 14.6. The van der Waals surface area contributed by atoms with Gasteiger partial charge >= 0.3 is 6.18 Å². The predicted molar refractivity (Wildman–Crippen MR) is 142 cm³/mol. The van der Waals surface area contributed by atoms with Crippen LogP contribution >= 0.6 is 0 Å². The smallest absolute Gasteiger partial charge is 0.423 e. The molecule has 1 fully saturated rings. The zero-order valence-corrected chi connectivity index (χ0v) is 22.6. The van der Waals surface area contributed by atoms with Gasteiger partial charge in [0.05, 0.1) is 44.3 Å². The van der Waals surface area contributed by atoms with Gasteiger partial charge in [-0.1, -0.05) is 12.1 Å². The van der Waals surface area contributed by atoms with Gasteiger partial charge in [-0.3, -0.25) is 4.79 Å². The summed E-state index contributed by atoms with van der Waals surface area (Å²) in [4.78, 5) is 18.8. The third-order valence-corrected chi connectivity index (χ3v) is 6.56. The van der Waals surface area contributed by atoms with Gasteiger partial charge in [0, 0.05) is 19.1 Å². The summed E-state index contributed by atoms with van der Waals surface area (Å²) in [6, 6.07) is 8.89. The standard InChI is InChI=1S/C27H27F4N7O4/c1-16(14-41-15-23-35-36-25(42-23)18-12-37(13-18)22-8-5-19(28)9-32-22)34-21-10-33-38(26(39)24(21)27(29,30)31)11-17-3-6-20(40-2)7-4-17/h3-10,16,18,34H,11-15H2,1-2H3. The lowest BCUT2D eigenvalue weighted by Crippen LogP contribution is -2.45. The molecule has 1 aliphatic heterocycles. The number of ether oxygens (including phenoxy) is 2. The molecule has 1 aliphatic rings. The topological polar surface area (TPSA) is 120 Å². The summed E-state index contributed by atoms with van der Waals surface area (Å²) in [5.41, 5.74) is -2.46. The van der Waals surface area contributed by atoms with Crippen LogP contribution in [0.5, 0.6) is 5.75 Å². The van der Waals surface area contributed by atoms with Gasteiger partial charge in [-0.05, 0) is 36.8 Å². The van der Waals surface area contributed by atoms with Crippen molar-refractivity contribution in [1.82, 2.24) is 25.0 Å². The van der Waals surface area contributed by atoms with Gasteiger partial charge in [0.1, 0.15) is 29.6 Å². The van der Waals surface area contributed by atoms with Gasteiger partial charge in [-0.15, -0.1) is 10.2 Å². The van der Waals surface area contributed by atoms with Crippen LogP contribution in [-0.2, 0) is 24.1 Å². The zero-order chi connectivity index (χ0) is 29.9. The maximum atomic E-state index is 13.9. The van der Waals surface area contributed by atoms with E-state index in [0.29, 0.717) is 36.1 Å². The SMILES string of the molecule is COc1ccc(Cn2ncc(NC(C)COCc3nnc(C4CN(c5ccc(F)cn5)C4)o3)c(C(F)(F)F)c2=O)cc1. The quantitative estimate of drug-likeness (QED) is 0.258. The van der Waals surface area contributed by atoms with Crippen LogP contribution in [0.1, 0.15) is 35.7 Å². The number of methoxy groups -OCH3 is 1. The van der Waals surface area contributed by atoms with Crippen molar-refractivity contribution in [2.24, 2.45) is 0 Å². The highest BCUT2D eigenvalue weighted by Gasteiger charge is 2.38. The monoisotopic (exact) mass is 589 g/mol. The molecule has 3 aromatic heterocycles. The van der Waals surface area contributed by atoms with Crippen molar-refractivity contribution < 1.29 is 31.5 Å². The van der Waals surface area contributed by atoms with E-state index in [9.17, 15) is 22.4 Å². The molecule has 4 heterocycles. The van der Waals surface area contributed by atoms with Crippen LogP contribution in [0.2, 0.25) is 0 Å². The largest absolute Gasteiger partial charge is 0.497 e. The molecule has 15 heteroatoms. The van der Waals surface area contributed by atoms with Crippen LogP contribution in [0.15, 0.2) is 58.0 Å². The predicted octanol–water partition coefficient (Wildman–Crippen LogP) is 3.86. The van der Waals surface area contributed by atoms with Crippen LogP contribution < -0.4 is 20.5 Å². The Morgan fingerprint density at radius 1 is 1.12 bits per heavy atom. The lowest BCUT2D eigenvalue weighted by Gasteiger charge is -2.38. The molecular weight excluding hydrogens is 562 g/mol. The molecule has 11 nitrogen and oxygen atoms in total. The number of hydrogen-bond donors (Lipinski definition) is 1. The molecule has 0 bridgehead atoms. The lowest BCUT2D eigenvalue weighted by atomic mass is 10.0. The third-order valence-electron chi connectivity index (χ3n) is 6.56. The fourth-order valence-corrected chi connectivity index (χ4v) is 4.39. The number of halogens is 4. The Morgan fingerprint density at radius 3 is 2.55 bits per heavy atom. The molecule has 0 aliphatic carbocycles. The van der Waals surface area contributed by atoms with Crippen molar-refractivity contribution in [1.29, 1.82) is 0 Å². The Hall–Kier alpha value is -4.53. The van der Waals surface area contributed by atoms with Crippen LogP contribution in [0, 0.1) is 5.82 Å². The summed E-state index contributed by atoms with van der Waals surface area (Å²) in [6.07, 6.45) is -2.77. The molecule has 1 N–H and O–H groups in total. The number of aromatic nitrogens is 5. The van der Waals surface area contributed by atoms with Gasteiger partial charge in [-0.2, -0.15) is 18.3 Å². The molecule has 5 rings (SSSR count). The minimum Gasteiger partial charge on any atom is -0.497 e. The third kappa shape index (κ3) is 6.67. The second-order valence-corrected chi connectivity index (χ2v) is 9.77. The van der Waals surface area contributed by atoms with Crippen LogP contribution in [0.3, 0.4) is 0 Å². The first-order chi connectivity index (χ1) is 20.1. The molecule has 0 saturated carbocycles. The molecular formula is C27H27F4N7O4. The number of hydrogen-bond acceptors (Lipinski definition) is 10. The molecule has 1 saturated heterocycles. The van der Waals surface area contributed by atoms with Crippen molar-refractivity contribution in [2.75, 3.05) is 37.0 Å². The van der Waals surface area contributed by atoms with E-state index in [2.05, 4.69) is 25.6 Å². The number of nitrogens with one attached hydrogen (secondary N) is 1. The summed E-state index contributed by atoms with van der Waals surface area (Å²) in [6.45, 7) is 2.56. The second kappa shape index (κ2) is 12.1. The highest BCUT2D eigenvalue weighted by Crippen LogP contribution is 2.32. The number of pyridine rings is 1. The van der Waals surface area contributed by atoms with Crippen molar-refractivity contribution >= 4 is 11.5 Å². The molecule has 0 radical (unpaired) electrons. The average molecular weight is 590 g/mol. The van der Waals surface area contributed by atoms with Gasteiger partial charge in [-0.25, -0.2) is 14.1 Å². The van der Waals surface area contributed by atoms with Crippen molar-refractivity contribution in [2.45, 2.75) is 38.2 Å². The number of benzene rings is 1. The first-order valence-electron chi connectivity index (χ1n) is 12.9. The molecule has 1 aromatic carbocycles. The minimum absolute atomic E-state index is 0.0150. The van der Waals surface area contributed by atoms with E-state index in [1.807, 2.05) is 4.90 Å². The lowest BCUT2D eigenvalue weighted by molar-refractivity contribution is -0.138. The maximum absolute atomic E-state index is 13.9. The van der Waals surface area contributed by atoms with Crippen molar-refractivity contribution in [3.63, 3.8) is 0 Å². The molecule has 4 aromatic rings. The summed E-state index contributed by atoms with van der Waals surface area (Å²) < 4.78 is 71.9. The van der Waals surface area contributed by atoms with Gasteiger partial charge in [0.15, 0.2) is 0 Å². The Labute approximate surface area is 237 Å². The number of rotatable bonds is 11. The van der Waals surface area contributed by atoms with Crippen LogP contribution in [-0.4, -0.2) is 57.8 Å². The Kier molecular flexibility index (Phi) is 8.38. The number of anilines is 2. The summed E-state index contributed by atoms with van der Waals surface area (Å²) in [5.74, 6) is 1.45. The highest BCUT2D eigenvalue weighted by atomic mass is 19.4.